The highest BCUT2D eigenvalue weighted by atomic mass is 16.4. The molecule has 0 aliphatic heterocycles. The van der Waals surface area contributed by atoms with Gasteiger partial charge in [0.25, 0.3) is 0 Å². The van der Waals surface area contributed by atoms with Gasteiger partial charge in [-0.15, -0.1) is 0 Å². The zero-order valence-corrected chi connectivity index (χ0v) is 13.2. The standard InChI is InChI=1S/C17H23NO3/c1-5-12-9-13-11(4)8-15(19)21-17(13)14(16(12)20)10-18(6-2)7-3/h8-9,20H,5-7,10H2,1-4H3/p+1. The predicted molar refractivity (Wildman–Crippen MR) is 84.0 cm³/mol. The van der Waals surface area contributed by atoms with E-state index in [4.69, 9.17) is 4.42 Å². The third kappa shape index (κ3) is 2.95. The van der Waals surface area contributed by atoms with Crippen molar-refractivity contribution in [2.45, 2.75) is 40.7 Å². The Morgan fingerprint density at radius 1 is 1.19 bits per heavy atom. The van der Waals surface area contributed by atoms with Crippen LogP contribution in [-0.4, -0.2) is 18.2 Å². The minimum atomic E-state index is -0.362. The lowest BCUT2D eigenvalue weighted by Crippen LogP contribution is -3.10. The number of aromatic hydroxyl groups is 1. The van der Waals surface area contributed by atoms with Crippen molar-refractivity contribution in [1.29, 1.82) is 0 Å². The summed E-state index contributed by atoms with van der Waals surface area (Å²) in [6, 6.07) is 3.44. The summed E-state index contributed by atoms with van der Waals surface area (Å²) in [4.78, 5) is 13.0. The molecule has 0 fully saturated rings. The van der Waals surface area contributed by atoms with Crippen LogP contribution in [0.1, 0.15) is 37.5 Å². The first-order valence-corrected chi connectivity index (χ1v) is 7.63. The largest absolute Gasteiger partial charge is 0.507 e. The van der Waals surface area contributed by atoms with E-state index < -0.39 is 0 Å². The summed E-state index contributed by atoms with van der Waals surface area (Å²) in [6.45, 7) is 10.7. The molecular weight excluding hydrogens is 266 g/mol. The van der Waals surface area contributed by atoms with Gasteiger partial charge < -0.3 is 14.4 Å². The molecule has 0 spiro atoms. The Balaban J connectivity index is 2.75. The van der Waals surface area contributed by atoms with Crippen LogP contribution in [0.3, 0.4) is 0 Å². The molecule has 0 saturated carbocycles. The van der Waals surface area contributed by atoms with Crippen LogP contribution < -0.4 is 10.5 Å². The maximum Gasteiger partial charge on any atom is 0.336 e. The van der Waals surface area contributed by atoms with Crippen molar-refractivity contribution in [2.24, 2.45) is 0 Å². The highest BCUT2D eigenvalue weighted by Crippen LogP contribution is 2.32. The predicted octanol–water partition coefficient (Wildman–Crippen LogP) is 1.79. The van der Waals surface area contributed by atoms with Gasteiger partial charge in [0, 0.05) is 11.5 Å². The minimum Gasteiger partial charge on any atom is -0.507 e. The summed E-state index contributed by atoms with van der Waals surface area (Å²) in [5.41, 5.74) is 2.73. The third-order valence-electron chi connectivity index (χ3n) is 4.20. The van der Waals surface area contributed by atoms with Crippen LogP contribution >= 0.6 is 0 Å². The summed E-state index contributed by atoms with van der Waals surface area (Å²) in [5, 5.41) is 11.5. The monoisotopic (exact) mass is 290 g/mol. The molecule has 21 heavy (non-hydrogen) atoms. The summed E-state index contributed by atoms with van der Waals surface area (Å²) < 4.78 is 5.41. The van der Waals surface area contributed by atoms with Crippen molar-refractivity contribution >= 4 is 11.0 Å². The quantitative estimate of drug-likeness (QED) is 0.826. The van der Waals surface area contributed by atoms with Gasteiger partial charge in [0.15, 0.2) is 5.58 Å². The molecule has 0 amide bonds. The number of phenolic OH excluding ortho intramolecular Hbond substituents is 1. The van der Waals surface area contributed by atoms with Gasteiger partial charge in [-0.05, 0) is 44.4 Å². The molecule has 114 valence electrons. The van der Waals surface area contributed by atoms with E-state index in [9.17, 15) is 9.90 Å². The molecule has 0 saturated heterocycles. The van der Waals surface area contributed by atoms with Crippen LogP contribution in [0.15, 0.2) is 21.3 Å². The Morgan fingerprint density at radius 2 is 1.86 bits per heavy atom. The van der Waals surface area contributed by atoms with Gasteiger partial charge in [0.2, 0.25) is 0 Å². The highest BCUT2D eigenvalue weighted by molar-refractivity contribution is 5.86. The molecule has 0 unspecified atom stereocenters. The molecule has 0 atom stereocenters. The average molecular weight is 290 g/mol. The Hall–Kier alpha value is -1.81. The van der Waals surface area contributed by atoms with E-state index in [1.54, 1.807) is 0 Å². The smallest absolute Gasteiger partial charge is 0.336 e. The third-order valence-corrected chi connectivity index (χ3v) is 4.20. The van der Waals surface area contributed by atoms with Crippen LogP contribution in [0.2, 0.25) is 0 Å². The molecule has 0 aliphatic carbocycles. The van der Waals surface area contributed by atoms with E-state index in [0.717, 1.165) is 41.6 Å². The number of fused-ring (bicyclic) bond motifs is 1. The van der Waals surface area contributed by atoms with Gasteiger partial charge in [-0.25, -0.2) is 4.79 Å². The van der Waals surface area contributed by atoms with Gasteiger partial charge in [-0.2, -0.15) is 0 Å². The summed E-state index contributed by atoms with van der Waals surface area (Å²) >= 11 is 0. The minimum absolute atomic E-state index is 0.276. The van der Waals surface area contributed by atoms with E-state index in [1.807, 2.05) is 19.9 Å². The maximum atomic E-state index is 11.7. The lowest BCUT2D eigenvalue weighted by molar-refractivity contribution is -0.910. The second kappa shape index (κ2) is 6.31. The molecule has 1 heterocycles. The summed E-state index contributed by atoms with van der Waals surface area (Å²) in [6.07, 6.45) is 0.751. The Kier molecular flexibility index (Phi) is 4.68. The van der Waals surface area contributed by atoms with Gasteiger partial charge in [-0.1, -0.05) is 6.92 Å². The highest BCUT2D eigenvalue weighted by Gasteiger charge is 2.19. The maximum absolute atomic E-state index is 11.7. The van der Waals surface area contributed by atoms with Crippen molar-refractivity contribution in [3.05, 3.63) is 39.2 Å². The zero-order valence-electron chi connectivity index (χ0n) is 13.2. The van der Waals surface area contributed by atoms with Crippen LogP contribution in [0.4, 0.5) is 0 Å². The Labute approximate surface area is 125 Å². The molecule has 2 rings (SSSR count). The lowest BCUT2D eigenvalue weighted by Gasteiger charge is -2.18. The molecular formula is C17H24NO3+. The molecule has 2 N–H and O–H groups in total. The number of hydrogen-bond donors (Lipinski definition) is 2. The normalized spacial score (nSPS) is 11.5. The van der Waals surface area contributed by atoms with Gasteiger partial charge in [0.1, 0.15) is 12.3 Å². The molecule has 1 aromatic carbocycles. The first kappa shape index (κ1) is 15.6. The Morgan fingerprint density at radius 3 is 2.43 bits per heavy atom. The van der Waals surface area contributed by atoms with E-state index in [0.29, 0.717) is 12.1 Å². The number of phenols is 1. The number of nitrogens with one attached hydrogen (secondary N) is 1. The van der Waals surface area contributed by atoms with Crippen LogP contribution in [0.5, 0.6) is 5.75 Å². The number of rotatable bonds is 5. The van der Waals surface area contributed by atoms with E-state index in [2.05, 4.69) is 13.8 Å². The van der Waals surface area contributed by atoms with Crippen LogP contribution in [-0.2, 0) is 13.0 Å². The van der Waals surface area contributed by atoms with E-state index in [-0.39, 0.29) is 11.4 Å². The second-order valence-corrected chi connectivity index (χ2v) is 5.48. The number of benzene rings is 1. The van der Waals surface area contributed by atoms with Crippen molar-refractivity contribution < 1.29 is 14.4 Å². The lowest BCUT2D eigenvalue weighted by atomic mass is 9.99. The molecule has 0 bridgehead atoms. The van der Waals surface area contributed by atoms with Crippen molar-refractivity contribution in [2.75, 3.05) is 13.1 Å². The molecule has 0 aliphatic rings. The zero-order chi connectivity index (χ0) is 15.6. The van der Waals surface area contributed by atoms with Gasteiger partial charge in [0.05, 0.1) is 18.7 Å². The first-order chi connectivity index (χ1) is 10.0. The van der Waals surface area contributed by atoms with Crippen molar-refractivity contribution in [1.82, 2.24) is 0 Å². The Bertz CT molecular complexity index is 699. The molecule has 2 aromatic rings. The van der Waals surface area contributed by atoms with Crippen molar-refractivity contribution in [3.63, 3.8) is 0 Å². The average Bonchev–Trinajstić information content (AvgIpc) is 2.46. The molecule has 4 nitrogen and oxygen atoms in total. The second-order valence-electron chi connectivity index (χ2n) is 5.48. The molecule has 4 heteroatoms. The van der Waals surface area contributed by atoms with E-state index in [1.165, 1.54) is 11.0 Å². The first-order valence-electron chi connectivity index (χ1n) is 7.63. The fourth-order valence-corrected chi connectivity index (χ4v) is 2.75. The van der Waals surface area contributed by atoms with Gasteiger partial charge >= 0.3 is 5.63 Å². The fraction of sp³-hybridized carbons (Fsp3) is 0.471. The molecule has 0 radical (unpaired) electrons. The van der Waals surface area contributed by atoms with Crippen molar-refractivity contribution in [3.8, 4) is 5.75 Å². The SMILES string of the molecule is CCc1cc2c(C)cc(=O)oc2c(C[NH+](CC)CC)c1O. The van der Waals surface area contributed by atoms with Crippen LogP contribution in [0.25, 0.3) is 11.0 Å². The van der Waals surface area contributed by atoms with Crippen LogP contribution in [0, 0.1) is 6.92 Å². The molecule has 1 aromatic heterocycles. The van der Waals surface area contributed by atoms with Gasteiger partial charge in [-0.3, -0.25) is 0 Å². The summed E-state index contributed by atoms with van der Waals surface area (Å²) in [7, 11) is 0. The topological polar surface area (TPSA) is 54.9 Å². The summed E-state index contributed by atoms with van der Waals surface area (Å²) in [5.74, 6) is 0.276. The number of quaternary nitrogens is 1. The van der Waals surface area contributed by atoms with E-state index >= 15 is 0 Å². The fourth-order valence-electron chi connectivity index (χ4n) is 2.75. The number of hydrogen-bond acceptors (Lipinski definition) is 3. The number of aryl methyl sites for hydroxylation is 2.